The highest BCUT2D eigenvalue weighted by Gasteiger charge is 2.33. The van der Waals surface area contributed by atoms with Crippen molar-refractivity contribution in [3.8, 4) is 0 Å². The van der Waals surface area contributed by atoms with Crippen LogP contribution in [0.4, 0.5) is 20.6 Å². The van der Waals surface area contributed by atoms with Gasteiger partial charge in [-0.05, 0) is 24.3 Å². The van der Waals surface area contributed by atoms with Gasteiger partial charge in [-0.1, -0.05) is 6.58 Å². The summed E-state index contributed by atoms with van der Waals surface area (Å²) in [5.41, 5.74) is 0.828. The Morgan fingerprint density at radius 3 is 2.64 bits per heavy atom. The van der Waals surface area contributed by atoms with Crippen LogP contribution in [0.2, 0.25) is 0 Å². The first-order valence-corrected chi connectivity index (χ1v) is 9.07. The molecular formula is C19H23FN4O4. The van der Waals surface area contributed by atoms with Crippen LogP contribution in [0.25, 0.3) is 0 Å². The number of ether oxygens (including phenoxy) is 1. The number of hydrogen-bond acceptors (Lipinski definition) is 5. The number of hydrogen-bond donors (Lipinski definition) is 1. The van der Waals surface area contributed by atoms with E-state index in [4.69, 9.17) is 4.74 Å². The highest BCUT2D eigenvalue weighted by Crippen LogP contribution is 2.28. The zero-order valence-corrected chi connectivity index (χ0v) is 15.7. The third-order valence-electron chi connectivity index (χ3n) is 4.80. The van der Waals surface area contributed by atoms with Gasteiger partial charge in [0, 0.05) is 33.1 Å². The Morgan fingerprint density at radius 2 is 2.04 bits per heavy atom. The zero-order chi connectivity index (χ0) is 20.3. The van der Waals surface area contributed by atoms with E-state index in [1.54, 1.807) is 17.0 Å². The van der Waals surface area contributed by atoms with Gasteiger partial charge in [0.05, 0.1) is 24.5 Å². The molecule has 150 valence electrons. The molecule has 0 aliphatic carbocycles. The normalized spacial score (nSPS) is 19.4. The van der Waals surface area contributed by atoms with Crippen LogP contribution < -0.4 is 15.1 Å². The smallest absolute Gasteiger partial charge is 0.414 e. The molecule has 2 heterocycles. The van der Waals surface area contributed by atoms with Crippen molar-refractivity contribution in [3.63, 3.8) is 0 Å². The number of carbonyl (C=O) groups excluding carboxylic acids is 3. The number of cyclic esters (lactones) is 1. The summed E-state index contributed by atoms with van der Waals surface area (Å²) in [6.45, 7) is 7.33. The predicted molar refractivity (Wildman–Crippen MR) is 102 cm³/mol. The Hall–Kier alpha value is -3.10. The van der Waals surface area contributed by atoms with E-state index in [1.165, 1.54) is 24.0 Å². The quantitative estimate of drug-likeness (QED) is 0.762. The van der Waals surface area contributed by atoms with E-state index in [0.29, 0.717) is 37.6 Å². The molecule has 0 spiro atoms. The molecule has 2 aliphatic heterocycles. The molecule has 0 bridgehead atoms. The van der Waals surface area contributed by atoms with Crippen LogP contribution in [-0.4, -0.2) is 68.2 Å². The van der Waals surface area contributed by atoms with Crippen LogP contribution in [0.15, 0.2) is 30.9 Å². The topological polar surface area (TPSA) is 82.2 Å². The maximum Gasteiger partial charge on any atom is 0.414 e. The largest absolute Gasteiger partial charge is 0.442 e. The fourth-order valence-electron chi connectivity index (χ4n) is 3.31. The van der Waals surface area contributed by atoms with Gasteiger partial charge in [0.1, 0.15) is 11.9 Å². The van der Waals surface area contributed by atoms with Crippen LogP contribution in [0, 0.1) is 5.82 Å². The minimum atomic E-state index is -0.570. The number of nitrogens with one attached hydrogen (secondary N) is 1. The van der Waals surface area contributed by atoms with Gasteiger partial charge in [-0.2, -0.15) is 0 Å². The molecule has 3 rings (SSSR count). The monoisotopic (exact) mass is 390 g/mol. The van der Waals surface area contributed by atoms with Crippen LogP contribution in [0.3, 0.4) is 0 Å². The number of piperazine rings is 1. The van der Waals surface area contributed by atoms with Crippen molar-refractivity contribution in [2.75, 3.05) is 49.1 Å². The van der Waals surface area contributed by atoms with E-state index in [9.17, 15) is 18.8 Å². The first-order chi connectivity index (χ1) is 13.4. The van der Waals surface area contributed by atoms with E-state index in [-0.39, 0.29) is 24.9 Å². The van der Waals surface area contributed by atoms with Crippen LogP contribution in [0.5, 0.6) is 0 Å². The summed E-state index contributed by atoms with van der Waals surface area (Å²) in [6.07, 6.45) is 0.230. The third kappa shape index (κ3) is 4.24. The molecule has 28 heavy (non-hydrogen) atoms. The number of rotatable bonds is 5. The first kappa shape index (κ1) is 19.7. The van der Waals surface area contributed by atoms with Crippen LogP contribution in [0.1, 0.15) is 6.92 Å². The minimum Gasteiger partial charge on any atom is -0.442 e. The lowest BCUT2D eigenvalue weighted by molar-refractivity contribution is -0.126. The molecule has 0 aromatic heterocycles. The summed E-state index contributed by atoms with van der Waals surface area (Å²) in [5.74, 6) is -0.782. The van der Waals surface area contributed by atoms with E-state index < -0.39 is 18.0 Å². The van der Waals surface area contributed by atoms with Crippen LogP contribution >= 0.6 is 0 Å². The molecule has 2 aliphatic rings. The Bertz CT molecular complexity index is 792. The minimum absolute atomic E-state index is 0.128. The molecule has 3 amide bonds. The summed E-state index contributed by atoms with van der Waals surface area (Å²) in [5, 5.41) is 2.60. The Balaban J connectivity index is 1.65. The van der Waals surface area contributed by atoms with Crippen molar-refractivity contribution in [1.82, 2.24) is 10.2 Å². The van der Waals surface area contributed by atoms with E-state index in [2.05, 4.69) is 11.9 Å². The van der Waals surface area contributed by atoms with E-state index >= 15 is 0 Å². The number of halogens is 1. The molecule has 2 fully saturated rings. The molecule has 9 heteroatoms. The first-order valence-electron chi connectivity index (χ1n) is 9.07. The molecule has 2 saturated heterocycles. The van der Waals surface area contributed by atoms with Gasteiger partial charge in [-0.25, -0.2) is 9.18 Å². The Kier molecular flexibility index (Phi) is 5.81. The standard InChI is InChI=1S/C19H23FN4O4/c1-3-18(26)23-8-6-22(7-9-23)17-5-4-14(10-16(17)20)24-12-15(28-19(24)27)11-21-13(2)25/h3-5,10,15H,1,6-9,11-12H2,2H3,(H,21,25)/t15-/m0/s1. The third-order valence-corrected chi connectivity index (χ3v) is 4.80. The average molecular weight is 390 g/mol. The van der Waals surface area contributed by atoms with Crippen molar-refractivity contribution >= 4 is 29.3 Å². The summed E-state index contributed by atoms with van der Waals surface area (Å²) < 4.78 is 19.9. The summed E-state index contributed by atoms with van der Waals surface area (Å²) >= 11 is 0. The summed E-state index contributed by atoms with van der Waals surface area (Å²) in [7, 11) is 0. The average Bonchev–Trinajstić information content (AvgIpc) is 3.06. The molecule has 0 saturated carbocycles. The predicted octanol–water partition coefficient (Wildman–Crippen LogP) is 1.12. The van der Waals surface area contributed by atoms with Crippen molar-refractivity contribution in [2.45, 2.75) is 13.0 Å². The van der Waals surface area contributed by atoms with Gasteiger partial charge in [0.25, 0.3) is 0 Å². The molecular weight excluding hydrogens is 367 g/mol. The number of amides is 3. The lowest BCUT2D eigenvalue weighted by Gasteiger charge is -2.35. The van der Waals surface area contributed by atoms with Gasteiger partial charge in [-0.3, -0.25) is 14.5 Å². The molecule has 0 unspecified atom stereocenters. The van der Waals surface area contributed by atoms with Gasteiger partial charge >= 0.3 is 6.09 Å². The Labute approximate surface area is 162 Å². The molecule has 1 aromatic carbocycles. The molecule has 1 atom stereocenters. The maximum absolute atomic E-state index is 14.7. The van der Waals surface area contributed by atoms with Crippen molar-refractivity contribution in [1.29, 1.82) is 0 Å². The Morgan fingerprint density at radius 1 is 1.32 bits per heavy atom. The second kappa shape index (κ2) is 8.28. The second-order valence-corrected chi connectivity index (χ2v) is 6.71. The highest BCUT2D eigenvalue weighted by atomic mass is 19.1. The molecule has 1 aromatic rings. The van der Waals surface area contributed by atoms with E-state index in [1.807, 2.05) is 4.90 Å². The van der Waals surface area contributed by atoms with Crippen LogP contribution in [-0.2, 0) is 14.3 Å². The zero-order valence-electron chi connectivity index (χ0n) is 15.7. The number of nitrogens with zero attached hydrogens (tertiary/aromatic N) is 3. The van der Waals surface area contributed by atoms with Crippen molar-refractivity contribution < 1.29 is 23.5 Å². The van der Waals surface area contributed by atoms with Gasteiger partial charge in [0.15, 0.2) is 0 Å². The molecule has 1 N–H and O–H groups in total. The number of carbonyl (C=O) groups is 3. The number of anilines is 2. The fraction of sp³-hybridized carbons (Fsp3) is 0.421. The van der Waals surface area contributed by atoms with Crippen molar-refractivity contribution in [2.24, 2.45) is 0 Å². The van der Waals surface area contributed by atoms with Gasteiger partial charge in [-0.15, -0.1) is 0 Å². The SMILES string of the molecule is C=CC(=O)N1CCN(c2ccc(N3C[C@H](CNC(C)=O)OC3=O)cc2F)CC1. The molecule has 0 radical (unpaired) electrons. The highest BCUT2D eigenvalue weighted by molar-refractivity contribution is 5.90. The maximum atomic E-state index is 14.7. The molecule has 8 nitrogen and oxygen atoms in total. The second-order valence-electron chi connectivity index (χ2n) is 6.71. The van der Waals surface area contributed by atoms with Gasteiger partial charge < -0.3 is 19.9 Å². The summed E-state index contributed by atoms with van der Waals surface area (Å²) in [6, 6.07) is 4.60. The summed E-state index contributed by atoms with van der Waals surface area (Å²) in [4.78, 5) is 39.6. The van der Waals surface area contributed by atoms with Gasteiger partial charge in [0.2, 0.25) is 11.8 Å². The lowest BCUT2D eigenvalue weighted by Crippen LogP contribution is -2.48. The van der Waals surface area contributed by atoms with Crippen molar-refractivity contribution in [3.05, 3.63) is 36.7 Å². The van der Waals surface area contributed by atoms with E-state index in [0.717, 1.165) is 0 Å². The fourth-order valence-corrected chi connectivity index (χ4v) is 3.31. The lowest BCUT2D eigenvalue weighted by atomic mass is 10.2. The number of benzene rings is 1.